The van der Waals surface area contributed by atoms with E-state index in [1.807, 2.05) is 0 Å². The van der Waals surface area contributed by atoms with Crippen LogP contribution in [0.5, 0.6) is 0 Å². The molecule has 23 heavy (non-hydrogen) atoms. The number of ether oxygens (including phenoxy) is 2. The first-order chi connectivity index (χ1) is 11.1. The fourth-order valence-corrected chi connectivity index (χ4v) is 4.23. The third-order valence-electron chi connectivity index (χ3n) is 5.80. The number of esters is 2. The topological polar surface area (TPSA) is 52.6 Å². The van der Waals surface area contributed by atoms with Gasteiger partial charge in [0.25, 0.3) is 0 Å². The molecule has 0 spiro atoms. The molecule has 0 unspecified atom stereocenters. The van der Waals surface area contributed by atoms with Crippen LogP contribution in [0.4, 0.5) is 0 Å². The summed E-state index contributed by atoms with van der Waals surface area (Å²) in [5.41, 5.74) is 0.316. The fourth-order valence-electron chi connectivity index (χ4n) is 4.23. The number of rotatable bonds is 9. The van der Waals surface area contributed by atoms with Gasteiger partial charge >= 0.3 is 11.9 Å². The molecule has 3 saturated carbocycles. The van der Waals surface area contributed by atoms with Gasteiger partial charge in [-0.15, -0.1) is 0 Å². The van der Waals surface area contributed by atoms with Crippen LogP contribution in [0.2, 0.25) is 0 Å². The van der Waals surface area contributed by atoms with Crippen LogP contribution in [-0.2, 0) is 19.1 Å². The quantitative estimate of drug-likeness (QED) is 0.363. The molecule has 0 atom stereocenters. The van der Waals surface area contributed by atoms with Gasteiger partial charge in [-0.1, -0.05) is 19.9 Å². The smallest absolute Gasteiger partial charge is 0.330 e. The largest absolute Gasteiger partial charge is 0.465 e. The van der Waals surface area contributed by atoms with Gasteiger partial charge in [-0.05, 0) is 63.2 Å². The number of hydrogen-bond donors (Lipinski definition) is 0. The van der Waals surface area contributed by atoms with E-state index >= 15 is 0 Å². The molecular formula is C19H30O4. The van der Waals surface area contributed by atoms with Crippen LogP contribution >= 0.6 is 0 Å². The Morgan fingerprint density at radius 3 is 2.09 bits per heavy atom. The summed E-state index contributed by atoms with van der Waals surface area (Å²) in [7, 11) is 0. The lowest BCUT2D eigenvalue weighted by Gasteiger charge is -2.52. The van der Waals surface area contributed by atoms with E-state index in [-0.39, 0.29) is 11.4 Å². The zero-order valence-electron chi connectivity index (χ0n) is 14.4. The van der Waals surface area contributed by atoms with Crippen molar-refractivity contribution in [2.45, 2.75) is 71.1 Å². The van der Waals surface area contributed by atoms with Crippen LogP contribution in [0.25, 0.3) is 0 Å². The van der Waals surface area contributed by atoms with E-state index in [0.29, 0.717) is 25.0 Å². The molecule has 130 valence electrons. The standard InChI is InChI=1S/C19H30O4/c1-3-7-18-8-11-19(12-9-18,13-10-18)17(21)23-15-6-5-14-22-16(20)4-2/h4H,2-3,5-15H2,1H3. The molecule has 0 aromatic carbocycles. The molecular weight excluding hydrogens is 292 g/mol. The highest BCUT2D eigenvalue weighted by atomic mass is 16.5. The molecule has 3 aliphatic carbocycles. The number of carbonyl (C=O) groups excluding carboxylic acids is 2. The highest BCUT2D eigenvalue weighted by Crippen LogP contribution is 2.59. The lowest BCUT2D eigenvalue weighted by atomic mass is 9.52. The number of carbonyl (C=O) groups is 2. The van der Waals surface area contributed by atoms with Gasteiger partial charge in [-0.2, -0.15) is 0 Å². The van der Waals surface area contributed by atoms with Gasteiger partial charge in [0.2, 0.25) is 0 Å². The monoisotopic (exact) mass is 322 g/mol. The van der Waals surface area contributed by atoms with E-state index in [0.717, 1.165) is 31.8 Å². The highest BCUT2D eigenvalue weighted by molar-refractivity contribution is 5.81. The van der Waals surface area contributed by atoms with E-state index in [1.54, 1.807) is 0 Å². The summed E-state index contributed by atoms with van der Waals surface area (Å²) in [5.74, 6) is -0.397. The van der Waals surface area contributed by atoms with Crippen LogP contribution in [0.1, 0.15) is 71.1 Å². The van der Waals surface area contributed by atoms with Crippen molar-refractivity contribution < 1.29 is 19.1 Å². The summed E-state index contributed by atoms with van der Waals surface area (Å²) in [6.45, 7) is 6.38. The predicted octanol–water partition coefficient (Wildman–Crippen LogP) is 4.18. The molecule has 0 aromatic rings. The zero-order valence-corrected chi connectivity index (χ0v) is 14.4. The minimum Gasteiger partial charge on any atom is -0.465 e. The number of fused-ring (bicyclic) bond motifs is 3. The van der Waals surface area contributed by atoms with Gasteiger partial charge in [0.15, 0.2) is 0 Å². The second-order valence-corrected chi connectivity index (χ2v) is 7.24. The third-order valence-corrected chi connectivity index (χ3v) is 5.80. The second kappa shape index (κ2) is 7.98. The van der Waals surface area contributed by atoms with Crippen LogP contribution in [0, 0.1) is 10.8 Å². The van der Waals surface area contributed by atoms with Crippen molar-refractivity contribution >= 4 is 11.9 Å². The third kappa shape index (κ3) is 4.36. The molecule has 0 aromatic heterocycles. The molecule has 0 N–H and O–H groups in total. The Morgan fingerprint density at radius 2 is 1.57 bits per heavy atom. The fraction of sp³-hybridized carbons (Fsp3) is 0.789. The van der Waals surface area contributed by atoms with Crippen LogP contribution in [0.3, 0.4) is 0 Å². The van der Waals surface area contributed by atoms with Gasteiger partial charge in [0, 0.05) is 6.08 Å². The van der Waals surface area contributed by atoms with Crippen molar-refractivity contribution in [2.75, 3.05) is 13.2 Å². The highest BCUT2D eigenvalue weighted by Gasteiger charge is 2.52. The maximum atomic E-state index is 12.5. The molecule has 0 aliphatic heterocycles. The van der Waals surface area contributed by atoms with Gasteiger partial charge < -0.3 is 9.47 Å². The summed E-state index contributed by atoms with van der Waals surface area (Å²) in [6, 6.07) is 0. The Morgan fingerprint density at radius 1 is 1.00 bits per heavy atom. The maximum absolute atomic E-state index is 12.5. The molecule has 2 bridgehead atoms. The molecule has 0 radical (unpaired) electrons. The Labute approximate surface area is 139 Å². The number of unbranched alkanes of at least 4 members (excludes halogenated alkanes) is 1. The lowest BCUT2D eigenvalue weighted by molar-refractivity contribution is -0.166. The van der Waals surface area contributed by atoms with Crippen molar-refractivity contribution in [3.05, 3.63) is 12.7 Å². The van der Waals surface area contributed by atoms with Gasteiger partial charge in [0.1, 0.15) is 0 Å². The Hall–Kier alpha value is -1.32. The normalized spacial score (nSPS) is 29.1. The first-order valence-electron chi connectivity index (χ1n) is 9.02. The molecule has 3 fully saturated rings. The summed E-state index contributed by atoms with van der Waals surface area (Å²) in [6.07, 6.45) is 11.7. The molecule has 0 heterocycles. The summed E-state index contributed by atoms with van der Waals surface area (Å²) >= 11 is 0. The molecule has 4 heteroatoms. The van der Waals surface area contributed by atoms with Crippen LogP contribution in [-0.4, -0.2) is 25.2 Å². The minimum absolute atomic E-state index is 0.00499. The van der Waals surface area contributed by atoms with Crippen molar-refractivity contribution in [3.63, 3.8) is 0 Å². The van der Waals surface area contributed by atoms with Gasteiger partial charge in [-0.25, -0.2) is 4.79 Å². The van der Waals surface area contributed by atoms with Crippen LogP contribution < -0.4 is 0 Å². The van der Waals surface area contributed by atoms with Crippen molar-refractivity contribution in [1.82, 2.24) is 0 Å². The first-order valence-corrected chi connectivity index (χ1v) is 9.02. The van der Waals surface area contributed by atoms with E-state index in [1.165, 1.54) is 32.1 Å². The summed E-state index contributed by atoms with van der Waals surface area (Å²) in [4.78, 5) is 23.4. The average Bonchev–Trinajstić information content (AvgIpc) is 2.59. The first kappa shape index (κ1) is 18.0. The van der Waals surface area contributed by atoms with Crippen molar-refractivity contribution in [2.24, 2.45) is 10.8 Å². The van der Waals surface area contributed by atoms with E-state index in [4.69, 9.17) is 9.47 Å². The Kier molecular flexibility index (Phi) is 6.25. The average molecular weight is 322 g/mol. The summed E-state index contributed by atoms with van der Waals surface area (Å²) in [5, 5.41) is 0. The maximum Gasteiger partial charge on any atom is 0.330 e. The number of hydrogen-bond acceptors (Lipinski definition) is 4. The van der Waals surface area contributed by atoms with E-state index in [9.17, 15) is 9.59 Å². The predicted molar refractivity (Wildman–Crippen MR) is 88.8 cm³/mol. The molecule has 0 amide bonds. The zero-order chi connectivity index (χ0) is 16.8. The molecule has 0 saturated heterocycles. The molecule has 4 nitrogen and oxygen atoms in total. The van der Waals surface area contributed by atoms with Gasteiger partial charge in [-0.3, -0.25) is 4.79 Å². The SMILES string of the molecule is C=CC(=O)OCCCCOC(=O)C12CCC(CCC)(CC1)CC2. The minimum atomic E-state index is -0.402. The molecule has 3 aliphatic rings. The Balaban J connectivity index is 1.67. The van der Waals surface area contributed by atoms with Gasteiger partial charge in [0.05, 0.1) is 18.6 Å². The van der Waals surface area contributed by atoms with Crippen molar-refractivity contribution in [1.29, 1.82) is 0 Å². The van der Waals surface area contributed by atoms with E-state index in [2.05, 4.69) is 13.5 Å². The summed E-state index contributed by atoms with van der Waals surface area (Å²) < 4.78 is 10.4. The van der Waals surface area contributed by atoms with E-state index < -0.39 is 5.97 Å². The second-order valence-electron chi connectivity index (χ2n) is 7.24. The van der Waals surface area contributed by atoms with Crippen molar-refractivity contribution in [3.8, 4) is 0 Å². The molecule has 3 rings (SSSR count). The Bertz CT molecular complexity index is 416. The van der Waals surface area contributed by atoms with Crippen LogP contribution in [0.15, 0.2) is 12.7 Å². The lowest BCUT2D eigenvalue weighted by Crippen LogP contribution is -2.46.